The minimum Gasteiger partial charge on any atom is -0.394 e. The summed E-state index contributed by atoms with van der Waals surface area (Å²) in [6.45, 7) is 13.8. The summed E-state index contributed by atoms with van der Waals surface area (Å²) in [5, 5.41) is 41.9. The van der Waals surface area contributed by atoms with E-state index in [0.29, 0.717) is 19.3 Å². The van der Waals surface area contributed by atoms with E-state index in [2.05, 4.69) is 49.5 Å². The summed E-state index contributed by atoms with van der Waals surface area (Å²) in [5.74, 6) is -7.59. The zero-order valence-electron chi connectivity index (χ0n) is 43.3. The number of unbranched alkanes of at least 4 members (excludes halogenated alkanes) is 4. The number of nitrogens with two attached hydrogens (primary N) is 2. The number of Topliss-reactive ketones (excluding diaryl/α,β-unsaturated/α-hetero) is 1. The van der Waals surface area contributed by atoms with Gasteiger partial charge in [0, 0.05) is 18.9 Å². The van der Waals surface area contributed by atoms with Crippen molar-refractivity contribution < 1.29 is 53.4 Å². The number of nitrogens with one attached hydrogen (secondary N) is 8. The van der Waals surface area contributed by atoms with Crippen molar-refractivity contribution in [3.8, 4) is 0 Å². The third-order valence-electron chi connectivity index (χ3n) is 12.0. The largest absolute Gasteiger partial charge is 0.394 e. The standard InChI is InChI=1S/C49H90N10O11/c1-9-11-12-13-14-16-33(61)27-42(63)53-40(28-60)49(70)57-37-19-22-52-44(65)39(25-31(7)8)59-45(66)34(15-10-2)55-46(67)35(17-20-50)54-43(64)32(23-29(3)4)26-41(62)38(24-30(5)6)58-47(68)36(18-21-51)56-48(37)69/h29-40,60-61H,9-28,50-51H2,1-8H3,(H,52,65)(H,53,63)(H,54,64)(H,55,67)(H,56,69)(H,57,70)(H,58,68)(H,59,66)/t32-,33-,34+,35+,36+,37+,38-,39+,40-/m1/s1. The normalized spacial score (nSPS) is 23.9. The summed E-state index contributed by atoms with van der Waals surface area (Å²) >= 11 is 0. The van der Waals surface area contributed by atoms with E-state index in [1.807, 2.05) is 48.5 Å². The summed E-state index contributed by atoms with van der Waals surface area (Å²) in [6.07, 6.45) is 4.33. The van der Waals surface area contributed by atoms with E-state index < -0.39 is 114 Å². The molecule has 14 N–H and O–H groups in total. The average molecular weight is 995 g/mol. The summed E-state index contributed by atoms with van der Waals surface area (Å²) in [7, 11) is 0. The van der Waals surface area contributed by atoms with Crippen LogP contribution in [0.15, 0.2) is 0 Å². The maximum Gasteiger partial charge on any atom is 0.245 e. The Morgan fingerprint density at radius 3 is 1.66 bits per heavy atom. The smallest absolute Gasteiger partial charge is 0.245 e. The predicted molar refractivity (Wildman–Crippen MR) is 266 cm³/mol. The van der Waals surface area contributed by atoms with Crippen LogP contribution in [-0.2, 0) is 43.2 Å². The summed E-state index contributed by atoms with van der Waals surface area (Å²) < 4.78 is 0. The molecular formula is C49H90N10O11. The molecule has 1 saturated heterocycles. The van der Waals surface area contributed by atoms with Gasteiger partial charge in [-0.15, -0.1) is 0 Å². The predicted octanol–water partition coefficient (Wildman–Crippen LogP) is 0.215. The van der Waals surface area contributed by atoms with Crippen LogP contribution in [0.4, 0.5) is 0 Å². The van der Waals surface area contributed by atoms with Crippen LogP contribution in [-0.4, -0.2) is 138 Å². The molecule has 21 nitrogen and oxygen atoms in total. The molecule has 70 heavy (non-hydrogen) atoms. The van der Waals surface area contributed by atoms with Crippen LogP contribution in [0.5, 0.6) is 0 Å². The lowest BCUT2D eigenvalue weighted by atomic mass is 9.87. The summed E-state index contributed by atoms with van der Waals surface area (Å²) in [5.41, 5.74) is 11.8. The van der Waals surface area contributed by atoms with E-state index in [0.717, 1.165) is 25.7 Å². The Labute approximate surface area is 415 Å². The van der Waals surface area contributed by atoms with Crippen LogP contribution in [0, 0.1) is 23.7 Å². The average Bonchev–Trinajstić information content (AvgIpc) is 3.28. The van der Waals surface area contributed by atoms with Gasteiger partial charge in [-0.25, -0.2) is 0 Å². The molecule has 0 aromatic heterocycles. The van der Waals surface area contributed by atoms with Crippen molar-refractivity contribution in [1.82, 2.24) is 42.5 Å². The van der Waals surface area contributed by atoms with Gasteiger partial charge in [-0.3, -0.25) is 43.2 Å². The lowest BCUT2D eigenvalue weighted by Crippen LogP contribution is -2.59. The van der Waals surface area contributed by atoms with Crippen molar-refractivity contribution in [1.29, 1.82) is 0 Å². The molecule has 9 atom stereocenters. The van der Waals surface area contributed by atoms with Crippen LogP contribution in [0.2, 0.25) is 0 Å². The first-order valence-corrected chi connectivity index (χ1v) is 25.7. The number of hydrogen-bond donors (Lipinski definition) is 12. The second-order valence-electron chi connectivity index (χ2n) is 20.0. The number of amides is 8. The Bertz CT molecular complexity index is 1660. The molecule has 0 aromatic rings. The second-order valence-corrected chi connectivity index (χ2v) is 20.0. The van der Waals surface area contributed by atoms with Gasteiger partial charge < -0.3 is 64.2 Å². The molecule has 0 radical (unpaired) electrons. The van der Waals surface area contributed by atoms with E-state index in [1.54, 1.807) is 0 Å². The van der Waals surface area contributed by atoms with Gasteiger partial charge >= 0.3 is 0 Å². The molecule has 402 valence electrons. The first kappa shape index (κ1) is 63.3. The topological polar surface area (TPSA) is 342 Å². The van der Waals surface area contributed by atoms with Gasteiger partial charge in [-0.2, -0.15) is 0 Å². The van der Waals surface area contributed by atoms with Gasteiger partial charge in [0.2, 0.25) is 47.3 Å². The minimum atomic E-state index is -1.55. The van der Waals surface area contributed by atoms with Crippen LogP contribution in [0.3, 0.4) is 0 Å². The minimum absolute atomic E-state index is 0.00387. The zero-order chi connectivity index (χ0) is 52.9. The van der Waals surface area contributed by atoms with Gasteiger partial charge in [-0.05, 0) is 82.2 Å². The highest BCUT2D eigenvalue weighted by molar-refractivity contribution is 5.98. The maximum absolute atomic E-state index is 14.2. The monoisotopic (exact) mass is 995 g/mol. The van der Waals surface area contributed by atoms with Gasteiger partial charge in [0.1, 0.15) is 36.3 Å². The van der Waals surface area contributed by atoms with Crippen LogP contribution < -0.4 is 54.0 Å². The van der Waals surface area contributed by atoms with E-state index >= 15 is 0 Å². The lowest BCUT2D eigenvalue weighted by Gasteiger charge is -2.28. The Morgan fingerprint density at radius 1 is 0.629 bits per heavy atom. The molecule has 1 aliphatic rings. The van der Waals surface area contributed by atoms with Crippen molar-refractivity contribution in [2.75, 3.05) is 26.2 Å². The Balaban J connectivity index is 3.76. The van der Waals surface area contributed by atoms with Gasteiger partial charge in [0.25, 0.3) is 0 Å². The Hall–Kier alpha value is -4.73. The molecule has 1 heterocycles. The highest BCUT2D eigenvalue weighted by atomic mass is 16.3. The van der Waals surface area contributed by atoms with E-state index in [-0.39, 0.29) is 95.2 Å². The molecule has 1 aliphatic heterocycles. The van der Waals surface area contributed by atoms with Crippen LogP contribution in [0.25, 0.3) is 0 Å². The number of rotatable bonds is 24. The quantitative estimate of drug-likeness (QED) is 0.0577. The zero-order valence-corrected chi connectivity index (χ0v) is 43.3. The van der Waals surface area contributed by atoms with Crippen LogP contribution >= 0.6 is 0 Å². The third-order valence-corrected chi connectivity index (χ3v) is 12.0. The van der Waals surface area contributed by atoms with Gasteiger partial charge in [-0.1, -0.05) is 93.9 Å². The molecular weight excluding hydrogens is 905 g/mol. The molecule has 0 bridgehead atoms. The fourth-order valence-corrected chi connectivity index (χ4v) is 8.24. The molecule has 1 rings (SSSR count). The second kappa shape index (κ2) is 34.6. The molecule has 21 heteroatoms. The van der Waals surface area contributed by atoms with Crippen molar-refractivity contribution >= 4 is 53.0 Å². The SMILES string of the molecule is CCCCCCC[C@@H](O)CC(=O)N[C@H](CO)C(=O)N[C@H]1CCNC(=O)[C@H](CC(C)C)NC(=O)[C@H](CCC)NC(=O)[C@H](CCN)NC(=O)[C@H](CC(C)C)CC(=O)[C@@H](CC(C)C)NC(=O)[C@H](CCN)NC1=O. The fraction of sp³-hybridized carbons (Fsp3) is 0.816. The number of carbonyl (C=O) groups excluding carboxylic acids is 9. The molecule has 8 amide bonds. The fourth-order valence-electron chi connectivity index (χ4n) is 8.24. The molecule has 1 fully saturated rings. The maximum atomic E-state index is 14.2. The molecule has 0 unspecified atom stereocenters. The Kier molecular flexibility index (Phi) is 31.3. The first-order valence-electron chi connectivity index (χ1n) is 25.7. The Morgan fingerprint density at radius 2 is 1.13 bits per heavy atom. The number of aliphatic hydroxyl groups is 2. The molecule has 0 saturated carbocycles. The highest BCUT2D eigenvalue weighted by Crippen LogP contribution is 2.20. The number of aliphatic hydroxyl groups excluding tert-OH is 2. The summed E-state index contributed by atoms with van der Waals surface area (Å²) in [4.78, 5) is 125. The van der Waals surface area contributed by atoms with Gasteiger partial charge in [0.05, 0.1) is 25.2 Å². The molecule has 0 aliphatic carbocycles. The summed E-state index contributed by atoms with van der Waals surface area (Å²) in [6, 6.07) is -8.88. The van der Waals surface area contributed by atoms with Crippen molar-refractivity contribution in [3.05, 3.63) is 0 Å². The number of carbonyl (C=O) groups is 9. The van der Waals surface area contributed by atoms with E-state index in [4.69, 9.17) is 11.5 Å². The van der Waals surface area contributed by atoms with Gasteiger partial charge in [0.15, 0.2) is 5.78 Å². The van der Waals surface area contributed by atoms with Crippen LogP contribution in [0.1, 0.15) is 158 Å². The first-order chi connectivity index (χ1) is 33.1. The van der Waals surface area contributed by atoms with Crippen molar-refractivity contribution in [2.24, 2.45) is 35.1 Å². The molecule has 0 aromatic carbocycles. The van der Waals surface area contributed by atoms with Crippen molar-refractivity contribution in [3.63, 3.8) is 0 Å². The van der Waals surface area contributed by atoms with Crippen molar-refractivity contribution in [2.45, 2.75) is 207 Å². The molecule has 0 spiro atoms. The van der Waals surface area contributed by atoms with E-state index in [9.17, 15) is 53.4 Å². The number of hydrogen-bond acceptors (Lipinski definition) is 13. The third kappa shape index (κ3) is 24.9. The lowest BCUT2D eigenvalue weighted by molar-refractivity contribution is -0.136. The highest BCUT2D eigenvalue weighted by Gasteiger charge is 2.36. The number of ketones is 1. The van der Waals surface area contributed by atoms with E-state index in [1.165, 1.54) is 0 Å².